The standard InChI is InChI=1S/C33H50/c1-7-13-15-27(11-5)23-33(24-28(12-6)16-14-8-2)31-21-25(9-3)17-19-29(31)30-20-18-26(10-4)22-32(30)33/h17-22,27-28H,7-16,23-24H2,1-6H3. The average molecular weight is 447 g/mol. The van der Waals surface area contributed by atoms with Crippen LogP contribution in [0.3, 0.4) is 0 Å². The Balaban J connectivity index is 2.20. The lowest BCUT2D eigenvalue weighted by Gasteiger charge is -2.39. The van der Waals surface area contributed by atoms with Gasteiger partial charge in [0.25, 0.3) is 0 Å². The van der Waals surface area contributed by atoms with Gasteiger partial charge in [-0.05, 0) is 70.9 Å². The maximum atomic E-state index is 2.61. The van der Waals surface area contributed by atoms with E-state index in [9.17, 15) is 0 Å². The predicted octanol–water partition coefficient (Wildman–Crippen LogP) is 10.3. The minimum atomic E-state index is 0.184. The van der Waals surface area contributed by atoms with E-state index >= 15 is 0 Å². The van der Waals surface area contributed by atoms with Crippen LogP contribution in [0.4, 0.5) is 0 Å². The molecular weight excluding hydrogens is 396 g/mol. The number of aryl methyl sites for hydroxylation is 2. The molecule has 0 fully saturated rings. The smallest absolute Gasteiger partial charge is 0.0220 e. The van der Waals surface area contributed by atoms with Gasteiger partial charge in [-0.15, -0.1) is 0 Å². The molecule has 3 rings (SSSR count). The topological polar surface area (TPSA) is 0 Å². The molecule has 2 atom stereocenters. The Bertz CT molecular complexity index is 800. The van der Waals surface area contributed by atoms with Crippen molar-refractivity contribution in [3.63, 3.8) is 0 Å². The lowest BCUT2D eigenvalue weighted by atomic mass is 9.65. The molecule has 0 heteroatoms. The van der Waals surface area contributed by atoms with Crippen LogP contribution in [0.25, 0.3) is 11.1 Å². The molecule has 0 saturated heterocycles. The van der Waals surface area contributed by atoms with E-state index in [1.807, 2.05) is 0 Å². The van der Waals surface area contributed by atoms with Crippen molar-refractivity contribution in [1.82, 2.24) is 0 Å². The van der Waals surface area contributed by atoms with Crippen LogP contribution in [0.1, 0.15) is 128 Å². The second kappa shape index (κ2) is 12.2. The third-order valence-electron chi connectivity index (χ3n) is 8.67. The monoisotopic (exact) mass is 446 g/mol. The van der Waals surface area contributed by atoms with Crippen LogP contribution in [0, 0.1) is 11.8 Å². The number of unbranched alkanes of at least 4 members (excludes halogenated alkanes) is 2. The summed E-state index contributed by atoms with van der Waals surface area (Å²) in [6.45, 7) is 14.2. The summed E-state index contributed by atoms with van der Waals surface area (Å²) in [6, 6.07) is 14.9. The van der Waals surface area contributed by atoms with Crippen molar-refractivity contribution in [1.29, 1.82) is 0 Å². The molecule has 33 heavy (non-hydrogen) atoms. The molecule has 1 aliphatic rings. The van der Waals surface area contributed by atoms with Crippen LogP contribution in [0.15, 0.2) is 36.4 Å². The van der Waals surface area contributed by atoms with E-state index < -0.39 is 0 Å². The van der Waals surface area contributed by atoms with Crippen molar-refractivity contribution in [2.24, 2.45) is 11.8 Å². The fourth-order valence-corrected chi connectivity index (χ4v) is 6.42. The molecular formula is C33H50. The Hall–Kier alpha value is -1.56. The van der Waals surface area contributed by atoms with Crippen LogP contribution >= 0.6 is 0 Å². The number of rotatable bonds is 14. The molecule has 2 aromatic rings. The van der Waals surface area contributed by atoms with Gasteiger partial charge in [-0.2, -0.15) is 0 Å². The number of fused-ring (bicyclic) bond motifs is 3. The lowest BCUT2D eigenvalue weighted by molar-refractivity contribution is 0.266. The highest BCUT2D eigenvalue weighted by molar-refractivity contribution is 5.81. The molecule has 0 radical (unpaired) electrons. The van der Waals surface area contributed by atoms with Crippen LogP contribution in [0.5, 0.6) is 0 Å². The van der Waals surface area contributed by atoms with Gasteiger partial charge in [-0.1, -0.05) is 129 Å². The van der Waals surface area contributed by atoms with Gasteiger partial charge in [0.1, 0.15) is 0 Å². The molecule has 2 unspecified atom stereocenters. The van der Waals surface area contributed by atoms with Crippen molar-refractivity contribution < 1.29 is 0 Å². The average Bonchev–Trinajstić information content (AvgIpc) is 3.12. The van der Waals surface area contributed by atoms with Crippen molar-refractivity contribution in [2.45, 2.75) is 124 Å². The van der Waals surface area contributed by atoms with Crippen molar-refractivity contribution in [3.05, 3.63) is 58.7 Å². The third kappa shape index (κ3) is 5.58. The molecule has 182 valence electrons. The first-order valence-corrected chi connectivity index (χ1v) is 14.3. The first kappa shape index (κ1) is 26.1. The van der Waals surface area contributed by atoms with E-state index in [2.05, 4.69) is 77.9 Å². The molecule has 0 aromatic heterocycles. The molecule has 0 heterocycles. The number of benzene rings is 2. The summed E-state index contributed by atoms with van der Waals surface area (Å²) in [6.07, 6.45) is 15.6. The summed E-state index contributed by atoms with van der Waals surface area (Å²) in [5, 5.41) is 0. The van der Waals surface area contributed by atoms with Crippen LogP contribution in [-0.2, 0) is 18.3 Å². The Kier molecular flexibility index (Phi) is 9.66. The van der Waals surface area contributed by atoms with Gasteiger partial charge >= 0.3 is 0 Å². The quantitative estimate of drug-likeness (QED) is 0.271. The first-order chi connectivity index (χ1) is 16.1. The molecule has 2 aromatic carbocycles. The zero-order valence-electron chi connectivity index (χ0n) is 22.6. The van der Waals surface area contributed by atoms with Crippen LogP contribution in [-0.4, -0.2) is 0 Å². The van der Waals surface area contributed by atoms with Gasteiger partial charge < -0.3 is 0 Å². The van der Waals surface area contributed by atoms with Gasteiger partial charge in [0, 0.05) is 5.41 Å². The Morgan fingerprint density at radius 2 is 1.03 bits per heavy atom. The maximum Gasteiger partial charge on any atom is 0.0220 e. The molecule has 0 amide bonds. The minimum absolute atomic E-state index is 0.184. The predicted molar refractivity (Wildman–Crippen MR) is 147 cm³/mol. The minimum Gasteiger partial charge on any atom is -0.0654 e. The van der Waals surface area contributed by atoms with Crippen molar-refractivity contribution in [2.75, 3.05) is 0 Å². The van der Waals surface area contributed by atoms with Gasteiger partial charge in [0.2, 0.25) is 0 Å². The third-order valence-corrected chi connectivity index (χ3v) is 8.67. The summed E-state index contributed by atoms with van der Waals surface area (Å²) < 4.78 is 0. The SMILES string of the molecule is CCCCC(CC)CC1(CC(CC)CCCC)c2cc(CC)ccc2-c2ccc(CC)cc21. The second-order valence-corrected chi connectivity index (χ2v) is 10.8. The van der Waals surface area contributed by atoms with Gasteiger partial charge in [-0.25, -0.2) is 0 Å². The van der Waals surface area contributed by atoms with E-state index in [1.165, 1.54) is 86.5 Å². The largest absolute Gasteiger partial charge is 0.0654 e. The molecule has 0 saturated carbocycles. The van der Waals surface area contributed by atoms with Crippen molar-refractivity contribution in [3.8, 4) is 11.1 Å². The summed E-state index contributed by atoms with van der Waals surface area (Å²) in [7, 11) is 0. The fourth-order valence-electron chi connectivity index (χ4n) is 6.42. The van der Waals surface area contributed by atoms with E-state index in [0.717, 1.165) is 24.7 Å². The van der Waals surface area contributed by atoms with E-state index in [1.54, 1.807) is 11.1 Å². The highest BCUT2D eigenvalue weighted by Crippen LogP contribution is 2.56. The van der Waals surface area contributed by atoms with Gasteiger partial charge in [0.05, 0.1) is 0 Å². The molecule has 0 nitrogen and oxygen atoms in total. The highest BCUT2D eigenvalue weighted by atomic mass is 14.5. The highest BCUT2D eigenvalue weighted by Gasteiger charge is 2.45. The first-order valence-electron chi connectivity index (χ1n) is 14.3. The zero-order valence-corrected chi connectivity index (χ0v) is 22.6. The van der Waals surface area contributed by atoms with E-state index in [-0.39, 0.29) is 5.41 Å². The Morgan fingerprint density at radius 3 is 1.36 bits per heavy atom. The molecule has 0 aliphatic heterocycles. The Morgan fingerprint density at radius 1 is 0.606 bits per heavy atom. The van der Waals surface area contributed by atoms with E-state index in [4.69, 9.17) is 0 Å². The van der Waals surface area contributed by atoms with Crippen LogP contribution in [0.2, 0.25) is 0 Å². The summed E-state index contributed by atoms with van der Waals surface area (Å²) in [4.78, 5) is 0. The Labute approximate surface area is 205 Å². The molecule has 0 N–H and O–H groups in total. The number of hydrogen-bond acceptors (Lipinski definition) is 0. The summed E-state index contributed by atoms with van der Waals surface area (Å²) >= 11 is 0. The number of hydrogen-bond donors (Lipinski definition) is 0. The second-order valence-electron chi connectivity index (χ2n) is 10.8. The van der Waals surface area contributed by atoms with Gasteiger partial charge in [-0.3, -0.25) is 0 Å². The maximum absolute atomic E-state index is 2.61. The van der Waals surface area contributed by atoms with Crippen LogP contribution < -0.4 is 0 Å². The fraction of sp³-hybridized carbons (Fsp3) is 0.636. The molecule has 0 bridgehead atoms. The van der Waals surface area contributed by atoms with Crippen molar-refractivity contribution >= 4 is 0 Å². The normalized spacial score (nSPS) is 15.8. The molecule has 1 aliphatic carbocycles. The van der Waals surface area contributed by atoms with Gasteiger partial charge in [0.15, 0.2) is 0 Å². The van der Waals surface area contributed by atoms with E-state index in [0.29, 0.717) is 0 Å². The summed E-state index contributed by atoms with van der Waals surface area (Å²) in [5.74, 6) is 1.62. The zero-order chi connectivity index (χ0) is 23.8. The molecule has 0 spiro atoms. The summed E-state index contributed by atoms with van der Waals surface area (Å²) in [5.41, 5.74) is 9.57. The lowest BCUT2D eigenvalue weighted by Crippen LogP contribution is -2.31.